The molecule has 5 nitrogen and oxygen atoms in total. The molecule has 0 atom stereocenters. The number of hydrogen-bond acceptors (Lipinski definition) is 3. The van der Waals surface area contributed by atoms with E-state index in [1.807, 2.05) is 38.1 Å². The van der Waals surface area contributed by atoms with Crippen LogP contribution in [0, 0.1) is 6.92 Å². The van der Waals surface area contributed by atoms with Crippen LogP contribution in [0.25, 0.3) is 0 Å². The fourth-order valence-corrected chi connectivity index (χ4v) is 1.85. The Labute approximate surface area is 112 Å². The molecular formula is C14H18N4O. The number of rotatable bonds is 5. The third-order valence-corrected chi connectivity index (χ3v) is 2.91. The summed E-state index contributed by atoms with van der Waals surface area (Å²) in [4.78, 5) is 12.2. The molecule has 0 bridgehead atoms. The first kappa shape index (κ1) is 13.1. The summed E-state index contributed by atoms with van der Waals surface area (Å²) in [5.41, 5.74) is 3.48. The van der Waals surface area contributed by atoms with Crippen LogP contribution in [0.3, 0.4) is 0 Å². The van der Waals surface area contributed by atoms with Gasteiger partial charge in [0.1, 0.15) is 0 Å². The van der Waals surface area contributed by atoms with E-state index in [0.717, 1.165) is 23.5 Å². The van der Waals surface area contributed by atoms with Gasteiger partial charge in [-0.1, -0.05) is 12.1 Å². The first-order valence-corrected chi connectivity index (χ1v) is 6.32. The number of benzene rings is 1. The molecule has 1 heterocycles. The fraction of sp³-hybridized carbons (Fsp3) is 0.286. The maximum atomic E-state index is 12.2. The molecule has 2 rings (SSSR count). The number of carbonyl (C=O) groups excluding carboxylic acids is 1. The summed E-state index contributed by atoms with van der Waals surface area (Å²) in [6.07, 6.45) is 1.73. The molecule has 0 spiro atoms. The van der Waals surface area contributed by atoms with Crippen LogP contribution < -0.4 is 10.6 Å². The van der Waals surface area contributed by atoms with E-state index in [2.05, 4.69) is 20.8 Å². The number of nitrogens with zero attached hydrogens (tertiary/aromatic N) is 1. The van der Waals surface area contributed by atoms with Gasteiger partial charge in [0.05, 0.1) is 11.8 Å². The number of carbonyl (C=O) groups is 1. The lowest BCUT2D eigenvalue weighted by Gasteiger charge is -2.10. The van der Waals surface area contributed by atoms with Gasteiger partial charge in [-0.05, 0) is 26.0 Å². The average Bonchev–Trinajstić information content (AvgIpc) is 2.82. The van der Waals surface area contributed by atoms with Crippen molar-refractivity contribution in [2.24, 2.45) is 0 Å². The van der Waals surface area contributed by atoms with Crippen LogP contribution in [0.1, 0.15) is 28.5 Å². The van der Waals surface area contributed by atoms with Crippen molar-refractivity contribution in [3.05, 3.63) is 47.3 Å². The maximum Gasteiger partial charge on any atom is 0.253 e. The van der Waals surface area contributed by atoms with Gasteiger partial charge in [0.2, 0.25) is 0 Å². The molecule has 0 saturated carbocycles. The van der Waals surface area contributed by atoms with Crippen LogP contribution in [0.5, 0.6) is 0 Å². The number of amides is 1. The zero-order valence-electron chi connectivity index (χ0n) is 11.2. The van der Waals surface area contributed by atoms with Gasteiger partial charge in [-0.3, -0.25) is 9.89 Å². The van der Waals surface area contributed by atoms with Crippen molar-refractivity contribution >= 4 is 11.6 Å². The number of aromatic nitrogens is 2. The summed E-state index contributed by atoms with van der Waals surface area (Å²) in [7, 11) is 0. The molecule has 0 aliphatic carbocycles. The number of nitrogens with one attached hydrogen (secondary N) is 3. The summed E-state index contributed by atoms with van der Waals surface area (Å²) in [5.74, 6) is -0.0860. The molecule has 2 aromatic rings. The molecule has 0 radical (unpaired) electrons. The van der Waals surface area contributed by atoms with E-state index in [-0.39, 0.29) is 5.91 Å². The molecular weight excluding hydrogens is 240 g/mol. The summed E-state index contributed by atoms with van der Waals surface area (Å²) in [6, 6.07) is 7.49. The minimum Gasteiger partial charge on any atom is -0.385 e. The van der Waals surface area contributed by atoms with Crippen molar-refractivity contribution in [2.75, 3.05) is 11.9 Å². The van der Waals surface area contributed by atoms with E-state index in [1.165, 1.54) is 0 Å². The van der Waals surface area contributed by atoms with Gasteiger partial charge < -0.3 is 10.6 Å². The second-order valence-electron chi connectivity index (χ2n) is 4.28. The Morgan fingerprint density at radius 1 is 1.37 bits per heavy atom. The van der Waals surface area contributed by atoms with Gasteiger partial charge in [-0.25, -0.2) is 0 Å². The van der Waals surface area contributed by atoms with Crippen molar-refractivity contribution in [1.82, 2.24) is 15.5 Å². The van der Waals surface area contributed by atoms with E-state index in [1.54, 1.807) is 6.20 Å². The van der Waals surface area contributed by atoms with E-state index in [9.17, 15) is 4.79 Å². The van der Waals surface area contributed by atoms with Gasteiger partial charge in [-0.2, -0.15) is 5.10 Å². The fourth-order valence-electron chi connectivity index (χ4n) is 1.85. The molecule has 0 unspecified atom stereocenters. The van der Waals surface area contributed by atoms with Crippen LogP contribution in [0.2, 0.25) is 0 Å². The number of hydrogen-bond donors (Lipinski definition) is 3. The minimum absolute atomic E-state index is 0.0860. The quantitative estimate of drug-likeness (QED) is 0.769. The zero-order chi connectivity index (χ0) is 13.7. The first-order chi connectivity index (χ1) is 9.22. The molecule has 1 aromatic heterocycles. The number of aryl methyl sites for hydroxylation is 1. The van der Waals surface area contributed by atoms with Crippen molar-refractivity contribution in [3.63, 3.8) is 0 Å². The molecule has 19 heavy (non-hydrogen) atoms. The summed E-state index contributed by atoms with van der Waals surface area (Å²) in [6.45, 7) is 5.19. The van der Waals surface area contributed by atoms with Gasteiger partial charge in [0.25, 0.3) is 5.91 Å². The molecule has 0 fully saturated rings. The normalized spacial score (nSPS) is 10.2. The first-order valence-electron chi connectivity index (χ1n) is 6.32. The molecule has 0 aliphatic rings. The third kappa shape index (κ3) is 3.13. The third-order valence-electron chi connectivity index (χ3n) is 2.91. The molecule has 1 amide bonds. The zero-order valence-corrected chi connectivity index (χ0v) is 11.2. The van der Waals surface area contributed by atoms with Crippen LogP contribution in [-0.4, -0.2) is 22.6 Å². The van der Waals surface area contributed by atoms with Crippen LogP contribution in [0.15, 0.2) is 30.5 Å². The second kappa shape index (κ2) is 6.04. The van der Waals surface area contributed by atoms with Gasteiger partial charge in [-0.15, -0.1) is 0 Å². The molecule has 0 aliphatic heterocycles. The van der Waals surface area contributed by atoms with Crippen LogP contribution in [-0.2, 0) is 6.54 Å². The Balaban J connectivity index is 2.06. The van der Waals surface area contributed by atoms with Crippen molar-refractivity contribution in [1.29, 1.82) is 0 Å². The van der Waals surface area contributed by atoms with Crippen molar-refractivity contribution < 1.29 is 4.79 Å². The molecule has 100 valence electrons. The Morgan fingerprint density at radius 2 is 2.16 bits per heavy atom. The average molecular weight is 258 g/mol. The topological polar surface area (TPSA) is 69.8 Å². The van der Waals surface area contributed by atoms with E-state index in [0.29, 0.717) is 12.1 Å². The second-order valence-corrected chi connectivity index (χ2v) is 4.28. The highest BCUT2D eigenvalue weighted by atomic mass is 16.1. The Morgan fingerprint density at radius 3 is 2.84 bits per heavy atom. The monoisotopic (exact) mass is 258 g/mol. The molecule has 0 saturated heterocycles. The number of H-pyrrole nitrogens is 1. The smallest absolute Gasteiger partial charge is 0.253 e. The largest absolute Gasteiger partial charge is 0.385 e. The van der Waals surface area contributed by atoms with Gasteiger partial charge in [0, 0.05) is 30.0 Å². The molecule has 5 heteroatoms. The highest BCUT2D eigenvalue weighted by molar-refractivity contribution is 5.99. The molecule has 1 aromatic carbocycles. The lowest BCUT2D eigenvalue weighted by atomic mass is 10.1. The van der Waals surface area contributed by atoms with Crippen LogP contribution >= 0.6 is 0 Å². The predicted octanol–water partition coefficient (Wildman–Crippen LogP) is 2.08. The highest BCUT2D eigenvalue weighted by Crippen LogP contribution is 2.14. The molecule has 3 N–H and O–H groups in total. The number of para-hydroxylation sites is 1. The Hall–Kier alpha value is -2.30. The summed E-state index contributed by atoms with van der Waals surface area (Å²) >= 11 is 0. The van der Waals surface area contributed by atoms with Gasteiger partial charge in [0.15, 0.2) is 0 Å². The van der Waals surface area contributed by atoms with E-state index >= 15 is 0 Å². The predicted molar refractivity (Wildman–Crippen MR) is 75.1 cm³/mol. The summed E-state index contributed by atoms with van der Waals surface area (Å²) < 4.78 is 0. The number of anilines is 1. The highest BCUT2D eigenvalue weighted by Gasteiger charge is 2.10. The number of aromatic amines is 1. The lowest BCUT2D eigenvalue weighted by molar-refractivity contribution is 0.0951. The van der Waals surface area contributed by atoms with E-state index in [4.69, 9.17) is 0 Å². The van der Waals surface area contributed by atoms with Crippen LogP contribution in [0.4, 0.5) is 5.69 Å². The summed E-state index contributed by atoms with van der Waals surface area (Å²) in [5, 5.41) is 12.9. The maximum absolute atomic E-state index is 12.2. The Kier molecular flexibility index (Phi) is 4.18. The minimum atomic E-state index is -0.0860. The van der Waals surface area contributed by atoms with Crippen molar-refractivity contribution in [3.8, 4) is 0 Å². The van der Waals surface area contributed by atoms with E-state index < -0.39 is 0 Å². The van der Waals surface area contributed by atoms with Crippen molar-refractivity contribution in [2.45, 2.75) is 20.4 Å². The SMILES string of the molecule is CCNc1ccccc1C(=O)NCc1cn[nH]c1C. The lowest BCUT2D eigenvalue weighted by Crippen LogP contribution is -2.24. The standard InChI is InChI=1S/C14H18N4O/c1-3-15-13-7-5-4-6-12(13)14(19)16-8-11-9-17-18-10(11)2/h4-7,9,15H,3,8H2,1-2H3,(H,16,19)(H,17,18). The van der Waals surface area contributed by atoms with Gasteiger partial charge >= 0.3 is 0 Å². The Bertz CT molecular complexity index is 562.